The van der Waals surface area contributed by atoms with Crippen LogP contribution in [0.15, 0.2) is 0 Å². The summed E-state index contributed by atoms with van der Waals surface area (Å²) >= 11 is 0. The molecule has 0 aromatic heterocycles. The lowest BCUT2D eigenvalue weighted by molar-refractivity contribution is -0.118. The van der Waals surface area contributed by atoms with E-state index in [1.54, 1.807) is 0 Å². The highest BCUT2D eigenvalue weighted by Crippen LogP contribution is 1.82. The summed E-state index contributed by atoms with van der Waals surface area (Å²) in [6.45, 7) is 5.06. The molecule has 0 fully saturated rings. The van der Waals surface area contributed by atoms with Gasteiger partial charge in [-0.3, -0.25) is 4.79 Å². The fourth-order valence-electron chi connectivity index (χ4n) is 0.997. The molecular weight excluding hydrogens is 166 g/mol. The average Bonchev–Trinajstić information content (AvgIpc) is 2.09. The van der Waals surface area contributed by atoms with Crippen LogP contribution in [0.2, 0.25) is 0 Å². The number of rotatable bonds is 8. The summed E-state index contributed by atoms with van der Waals surface area (Å²) in [5, 5.41) is 6.04. The molecule has 0 saturated carbocycles. The molecule has 0 aromatic rings. The molecule has 4 N–H and O–H groups in total. The molecule has 0 atom stereocenters. The van der Waals surface area contributed by atoms with Crippen molar-refractivity contribution in [2.75, 3.05) is 26.2 Å². The summed E-state index contributed by atoms with van der Waals surface area (Å²) in [5.74, 6) is 0.0446. The van der Waals surface area contributed by atoms with E-state index in [0.717, 1.165) is 45.4 Å². The first kappa shape index (κ1) is 12.4. The van der Waals surface area contributed by atoms with Crippen LogP contribution in [0.25, 0.3) is 0 Å². The Kier molecular flexibility index (Phi) is 9.03. The van der Waals surface area contributed by atoms with E-state index in [4.69, 9.17) is 5.73 Å². The molecule has 0 heterocycles. The van der Waals surface area contributed by atoms with Crippen molar-refractivity contribution >= 4 is 5.91 Å². The number of hydrogen-bond acceptors (Lipinski definition) is 3. The van der Waals surface area contributed by atoms with Gasteiger partial charge in [-0.15, -0.1) is 0 Å². The van der Waals surface area contributed by atoms with Crippen LogP contribution in [0.3, 0.4) is 0 Å². The van der Waals surface area contributed by atoms with Gasteiger partial charge in [0.25, 0.3) is 0 Å². The second kappa shape index (κ2) is 9.48. The molecule has 1 amide bonds. The maximum Gasteiger partial charge on any atom is 0.216 e. The lowest BCUT2D eigenvalue weighted by atomic mass is 10.3. The number of nitrogens with one attached hydrogen (secondary N) is 2. The molecule has 0 radical (unpaired) electrons. The number of carbonyl (C=O) groups is 1. The molecule has 4 heteroatoms. The maximum atomic E-state index is 10.5. The Balaban J connectivity index is 2.87. The van der Waals surface area contributed by atoms with E-state index < -0.39 is 0 Å². The van der Waals surface area contributed by atoms with Crippen molar-refractivity contribution in [1.82, 2.24) is 10.6 Å². The third-order valence-corrected chi connectivity index (χ3v) is 1.71. The standard InChI is InChI=1S/C9H21N3O/c1-9(13)12-8-4-7-11-6-3-2-5-10/h11H,2-8,10H2,1H3,(H,12,13). The second-order valence-electron chi connectivity index (χ2n) is 3.08. The molecule has 0 rings (SSSR count). The van der Waals surface area contributed by atoms with Crippen molar-refractivity contribution < 1.29 is 4.79 Å². The van der Waals surface area contributed by atoms with Crippen molar-refractivity contribution in [2.45, 2.75) is 26.2 Å². The summed E-state index contributed by atoms with van der Waals surface area (Å²) in [6, 6.07) is 0. The summed E-state index contributed by atoms with van der Waals surface area (Å²) < 4.78 is 0. The zero-order valence-corrected chi connectivity index (χ0v) is 8.44. The van der Waals surface area contributed by atoms with E-state index in [1.165, 1.54) is 6.92 Å². The largest absolute Gasteiger partial charge is 0.356 e. The van der Waals surface area contributed by atoms with E-state index >= 15 is 0 Å². The highest BCUT2D eigenvalue weighted by atomic mass is 16.1. The number of nitrogens with two attached hydrogens (primary N) is 1. The van der Waals surface area contributed by atoms with E-state index in [1.807, 2.05) is 0 Å². The van der Waals surface area contributed by atoms with Crippen LogP contribution in [0.5, 0.6) is 0 Å². The Labute approximate surface area is 80.3 Å². The molecule has 0 spiro atoms. The predicted molar refractivity (Wildman–Crippen MR) is 54.5 cm³/mol. The van der Waals surface area contributed by atoms with Gasteiger partial charge in [0.15, 0.2) is 0 Å². The SMILES string of the molecule is CC(=O)NCCCNCCCCN. The number of carbonyl (C=O) groups excluding carboxylic acids is 1. The van der Waals surface area contributed by atoms with Crippen LogP contribution in [0.1, 0.15) is 26.2 Å². The van der Waals surface area contributed by atoms with Gasteiger partial charge in [0.1, 0.15) is 0 Å². The van der Waals surface area contributed by atoms with Gasteiger partial charge in [0, 0.05) is 13.5 Å². The molecule has 0 aliphatic heterocycles. The summed E-state index contributed by atoms with van der Waals surface area (Å²) in [5.41, 5.74) is 5.35. The van der Waals surface area contributed by atoms with Gasteiger partial charge in [-0.1, -0.05) is 0 Å². The minimum absolute atomic E-state index is 0.0446. The number of amides is 1. The van der Waals surface area contributed by atoms with Crippen LogP contribution in [0.4, 0.5) is 0 Å². The first-order valence-corrected chi connectivity index (χ1v) is 4.92. The van der Waals surface area contributed by atoms with E-state index in [9.17, 15) is 4.79 Å². The molecule has 0 bridgehead atoms. The molecule has 0 unspecified atom stereocenters. The van der Waals surface area contributed by atoms with Crippen LogP contribution in [0, 0.1) is 0 Å². The topological polar surface area (TPSA) is 67.2 Å². The predicted octanol–water partition coefficient (Wildman–Crippen LogP) is -0.159. The third-order valence-electron chi connectivity index (χ3n) is 1.71. The highest BCUT2D eigenvalue weighted by Gasteiger charge is 1.90. The fourth-order valence-corrected chi connectivity index (χ4v) is 0.997. The minimum Gasteiger partial charge on any atom is -0.356 e. The zero-order chi connectivity index (χ0) is 9.94. The Morgan fingerprint density at radius 2 is 1.85 bits per heavy atom. The normalized spacial score (nSPS) is 10.0. The van der Waals surface area contributed by atoms with Gasteiger partial charge in [-0.05, 0) is 38.9 Å². The van der Waals surface area contributed by atoms with Crippen molar-refractivity contribution in [3.8, 4) is 0 Å². The van der Waals surface area contributed by atoms with Gasteiger partial charge in [-0.25, -0.2) is 0 Å². The highest BCUT2D eigenvalue weighted by molar-refractivity contribution is 5.72. The van der Waals surface area contributed by atoms with Crippen LogP contribution >= 0.6 is 0 Å². The third kappa shape index (κ3) is 11.4. The maximum absolute atomic E-state index is 10.5. The lowest BCUT2D eigenvalue weighted by Crippen LogP contribution is -2.25. The molecule has 4 nitrogen and oxygen atoms in total. The first-order valence-electron chi connectivity index (χ1n) is 4.92. The van der Waals surface area contributed by atoms with Gasteiger partial charge in [0.05, 0.1) is 0 Å². The smallest absolute Gasteiger partial charge is 0.216 e. The van der Waals surface area contributed by atoms with Crippen LogP contribution < -0.4 is 16.4 Å². The number of unbranched alkanes of at least 4 members (excludes halogenated alkanes) is 1. The summed E-state index contributed by atoms with van der Waals surface area (Å²) in [4.78, 5) is 10.5. The molecule has 78 valence electrons. The van der Waals surface area contributed by atoms with Gasteiger partial charge in [0.2, 0.25) is 5.91 Å². The lowest BCUT2D eigenvalue weighted by Gasteiger charge is -2.04. The fraction of sp³-hybridized carbons (Fsp3) is 0.889. The Morgan fingerprint density at radius 1 is 1.15 bits per heavy atom. The van der Waals surface area contributed by atoms with Gasteiger partial charge in [-0.2, -0.15) is 0 Å². The van der Waals surface area contributed by atoms with Crippen LogP contribution in [-0.2, 0) is 4.79 Å². The molecule has 13 heavy (non-hydrogen) atoms. The Hall–Kier alpha value is -0.610. The van der Waals surface area contributed by atoms with Gasteiger partial charge < -0.3 is 16.4 Å². The van der Waals surface area contributed by atoms with E-state index in [0.29, 0.717) is 0 Å². The Morgan fingerprint density at radius 3 is 2.46 bits per heavy atom. The molecule has 0 aliphatic carbocycles. The monoisotopic (exact) mass is 187 g/mol. The molecule has 0 saturated heterocycles. The van der Waals surface area contributed by atoms with E-state index in [-0.39, 0.29) is 5.91 Å². The van der Waals surface area contributed by atoms with E-state index in [2.05, 4.69) is 10.6 Å². The molecule has 0 aromatic carbocycles. The van der Waals surface area contributed by atoms with Crippen molar-refractivity contribution in [1.29, 1.82) is 0 Å². The van der Waals surface area contributed by atoms with Crippen LogP contribution in [-0.4, -0.2) is 32.1 Å². The van der Waals surface area contributed by atoms with Crippen molar-refractivity contribution in [3.63, 3.8) is 0 Å². The summed E-state index contributed by atoms with van der Waals surface area (Å²) in [7, 11) is 0. The minimum atomic E-state index is 0.0446. The van der Waals surface area contributed by atoms with Gasteiger partial charge >= 0.3 is 0 Å². The van der Waals surface area contributed by atoms with Crippen molar-refractivity contribution in [2.24, 2.45) is 5.73 Å². The molecule has 0 aliphatic rings. The zero-order valence-electron chi connectivity index (χ0n) is 8.44. The first-order chi connectivity index (χ1) is 6.27. The quantitative estimate of drug-likeness (QED) is 0.463. The summed E-state index contributed by atoms with van der Waals surface area (Å²) in [6.07, 6.45) is 3.21. The number of hydrogen-bond donors (Lipinski definition) is 3. The molecular formula is C9H21N3O. The Bertz CT molecular complexity index is 128. The second-order valence-corrected chi connectivity index (χ2v) is 3.08. The van der Waals surface area contributed by atoms with Crippen molar-refractivity contribution in [3.05, 3.63) is 0 Å². The average molecular weight is 187 g/mol.